The number of carboxylic acid groups (broad SMARTS) is 1. The van der Waals surface area contributed by atoms with Crippen molar-refractivity contribution in [1.29, 1.82) is 0 Å². The van der Waals surface area contributed by atoms with Gasteiger partial charge in [0.05, 0.1) is 0 Å². The van der Waals surface area contributed by atoms with Gasteiger partial charge >= 0.3 is 5.97 Å². The van der Waals surface area contributed by atoms with Gasteiger partial charge in [-0.1, -0.05) is 6.92 Å². The van der Waals surface area contributed by atoms with Gasteiger partial charge in [0.2, 0.25) is 0 Å². The van der Waals surface area contributed by atoms with E-state index in [0.29, 0.717) is 11.9 Å². The van der Waals surface area contributed by atoms with Crippen LogP contribution in [0.15, 0.2) is 0 Å². The molecule has 0 aliphatic rings. The van der Waals surface area contributed by atoms with E-state index in [1.54, 1.807) is 0 Å². The van der Waals surface area contributed by atoms with Crippen LogP contribution >= 0.6 is 0 Å². The number of nitrogens with two attached hydrogens (primary N) is 1. The zero-order valence-corrected chi connectivity index (χ0v) is 5.33. The quantitative estimate of drug-likeness (QED) is 0.498. The summed E-state index contributed by atoms with van der Waals surface area (Å²) in [6.45, 7) is 1.85. The predicted molar refractivity (Wildman–Crippen MR) is 31.6 cm³/mol. The monoisotopic (exact) mass is 133 g/mol. The number of rotatable bonds is 4. The molecule has 0 saturated heterocycles. The van der Waals surface area contributed by atoms with E-state index in [2.05, 4.69) is 0 Å². The van der Waals surface area contributed by atoms with Crippen molar-refractivity contribution in [2.24, 2.45) is 0 Å². The van der Waals surface area contributed by atoms with Crippen LogP contribution in [0, 0.1) is 5.21 Å². The minimum atomic E-state index is -1.02. The first-order valence-corrected chi connectivity index (χ1v) is 2.90. The van der Waals surface area contributed by atoms with Crippen LogP contribution in [0.2, 0.25) is 0 Å². The third-order valence-electron chi connectivity index (χ3n) is 1.08. The summed E-state index contributed by atoms with van der Waals surface area (Å²) in [7, 11) is 0. The Kier molecular flexibility index (Phi) is 4.00. The zero-order valence-electron chi connectivity index (χ0n) is 5.33. The normalized spacial score (nSPS) is 13.1. The van der Waals surface area contributed by atoms with Crippen molar-refractivity contribution in [2.75, 3.05) is 0 Å². The fraction of sp³-hybridized carbons (Fsp3) is 0.800. The Balaban J connectivity index is 3.54. The molecule has 1 atom stereocenters. The highest BCUT2D eigenvalue weighted by atomic mass is 16.5. The molecular weight excluding hydrogens is 122 g/mol. The van der Waals surface area contributed by atoms with E-state index in [4.69, 9.17) is 5.11 Å². The van der Waals surface area contributed by atoms with Crippen molar-refractivity contribution < 1.29 is 15.4 Å². The van der Waals surface area contributed by atoms with Crippen molar-refractivity contribution >= 4 is 5.97 Å². The number of hydrogen-bond donors (Lipinski definition) is 2. The summed E-state index contributed by atoms with van der Waals surface area (Å²) < 4.78 is 0. The topological polar surface area (TPSA) is 77.0 Å². The summed E-state index contributed by atoms with van der Waals surface area (Å²) in [5.41, 5.74) is 0.478. The standard InChI is InChI=1S/C5H11NO3/c1-2-3-4(6-9)5(7)8/h4H,2-3,6H2,1H3,(H,7,8)/t4-/m1/s1. The molecule has 0 aromatic rings. The zero-order chi connectivity index (χ0) is 7.28. The molecule has 0 fully saturated rings. The number of quaternary nitrogens is 1. The molecular formula is C5H11NO3. The van der Waals surface area contributed by atoms with Crippen LogP contribution in [-0.2, 0) is 4.79 Å². The number of aliphatic carboxylic acids is 1. The Hall–Kier alpha value is -0.610. The molecule has 0 rings (SSSR count). The third kappa shape index (κ3) is 3.05. The number of carboxylic acids is 1. The van der Waals surface area contributed by atoms with Gasteiger partial charge in [0, 0.05) is 6.42 Å². The molecule has 0 saturated carbocycles. The molecule has 0 heterocycles. The molecule has 0 radical (unpaired) electrons. The van der Waals surface area contributed by atoms with Crippen molar-refractivity contribution in [2.45, 2.75) is 25.8 Å². The van der Waals surface area contributed by atoms with Gasteiger partial charge in [-0.25, -0.2) is 4.79 Å². The van der Waals surface area contributed by atoms with E-state index in [9.17, 15) is 10.0 Å². The van der Waals surface area contributed by atoms with Crippen LogP contribution in [0.25, 0.3) is 0 Å². The maximum atomic E-state index is 10.1. The van der Waals surface area contributed by atoms with Crippen LogP contribution in [-0.4, -0.2) is 17.1 Å². The first kappa shape index (κ1) is 8.39. The highest BCUT2D eigenvalue weighted by molar-refractivity contribution is 5.71. The molecule has 0 aromatic carbocycles. The highest BCUT2D eigenvalue weighted by Gasteiger charge is 2.14. The van der Waals surface area contributed by atoms with Gasteiger partial charge in [0.15, 0.2) is 6.04 Å². The average molecular weight is 133 g/mol. The molecule has 0 bridgehead atoms. The first-order valence-electron chi connectivity index (χ1n) is 2.90. The molecule has 0 aromatic heterocycles. The minimum Gasteiger partial charge on any atom is -0.635 e. The van der Waals surface area contributed by atoms with Gasteiger partial charge in [-0.3, -0.25) is 0 Å². The van der Waals surface area contributed by atoms with Crippen molar-refractivity contribution in [3.05, 3.63) is 5.21 Å². The molecule has 4 heteroatoms. The maximum absolute atomic E-state index is 10.1. The summed E-state index contributed by atoms with van der Waals surface area (Å²) in [4.78, 5) is 10.1. The lowest BCUT2D eigenvalue weighted by atomic mass is 10.2. The largest absolute Gasteiger partial charge is 0.635 e. The highest BCUT2D eigenvalue weighted by Crippen LogP contribution is 1.90. The second kappa shape index (κ2) is 4.29. The molecule has 3 N–H and O–H groups in total. The van der Waals surface area contributed by atoms with Crippen molar-refractivity contribution in [1.82, 2.24) is 0 Å². The molecule has 0 unspecified atom stereocenters. The van der Waals surface area contributed by atoms with E-state index in [1.165, 1.54) is 0 Å². The fourth-order valence-corrected chi connectivity index (χ4v) is 0.561. The Bertz CT molecular complexity index is 94.2. The van der Waals surface area contributed by atoms with Gasteiger partial charge in [-0.2, -0.15) is 0 Å². The molecule has 0 aliphatic heterocycles. The van der Waals surface area contributed by atoms with E-state index in [1.807, 2.05) is 6.92 Å². The van der Waals surface area contributed by atoms with Gasteiger partial charge in [-0.05, 0) is 6.42 Å². The minimum absolute atomic E-state index is 0.443. The SMILES string of the molecule is CCC[C@@H]([NH2+][O-])C(=O)O. The van der Waals surface area contributed by atoms with E-state index < -0.39 is 12.0 Å². The Morgan fingerprint density at radius 2 is 2.44 bits per heavy atom. The summed E-state index contributed by atoms with van der Waals surface area (Å²) in [5, 5.41) is 18.2. The van der Waals surface area contributed by atoms with Crippen molar-refractivity contribution in [3.63, 3.8) is 0 Å². The molecule has 0 aliphatic carbocycles. The Morgan fingerprint density at radius 1 is 1.89 bits per heavy atom. The summed E-state index contributed by atoms with van der Waals surface area (Å²) >= 11 is 0. The molecule has 0 amide bonds. The summed E-state index contributed by atoms with van der Waals surface area (Å²) in [6.07, 6.45) is 1.18. The first-order chi connectivity index (χ1) is 4.22. The fourth-order valence-electron chi connectivity index (χ4n) is 0.561. The predicted octanol–water partition coefficient (Wildman–Crippen LogP) is -0.699. The van der Waals surface area contributed by atoms with Crippen LogP contribution in [0.3, 0.4) is 0 Å². The molecule has 0 spiro atoms. The third-order valence-corrected chi connectivity index (χ3v) is 1.08. The lowest BCUT2D eigenvalue weighted by Crippen LogP contribution is -2.86. The second-order valence-corrected chi connectivity index (χ2v) is 1.87. The summed E-state index contributed by atoms with van der Waals surface area (Å²) in [6, 6.07) is -0.796. The Labute approximate surface area is 53.5 Å². The van der Waals surface area contributed by atoms with Gasteiger partial charge in [-0.15, -0.1) is 0 Å². The summed E-state index contributed by atoms with van der Waals surface area (Å²) in [5.74, 6) is -1.02. The van der Waals surface area contributed by atoms with Gasteiger partial charge in [0.1, 0.15) is 0 Å². The Morgan fingerprint density at radius 3 is 2.56 bits per heavy atom. The number of hydroxylamine groups is 1. The van der Waals surface area contributed by atoms with Crippen LogP contribution in [0.5, 0.6) is 0 Å². The smallest absolute Gasteiger partial charge is 0.362 e. The van der Waals surface area contributed by atoms with Crippen LogP contribution in [0.4, 0.5) is 0 Å². The lowest BCUT2D eigenvalue weighted by molar-refractivity contribution is -0.616. The molecule has 9 heavy (non-hydrogen) atoms. The number of carbonyl (C=O) groups is 1. The van der Waals surface area contributed by atoms with Crippen LogP contribution in [0.1, 0.15) is 19.8 Å². The van der Waals surface area contributed by atoms with Gasteiger partial charge < -0.3 is 15.8 Å². The molecule has 4 nitrogen and oxygen atoms in total. The second-order valence-electron chi connectivity index (χ2n) is 1.87. The molecule has 54 valence electrons. The maximum Gasteiger partial charge on any atom is 0.362 e. The number of hydrogen-bond acceptors (Lipinski definition) is 2. The van der Waals surface area contributed by atoms with E-state index in [0.717, 1.165) is 6.42 Å². The average Bonchev–Trinajstić information content (AvgIpc) is 1.82. The van der Waals surface area contributed by atoms with E-state index in [-0.39, 0.29) is 0 Å². The lowest BCUT2D eigenvalue weighted by Gasteiger charge is -2.10. The van der Waals surface area contributed by atoms with Gasteiger partial charge in [0.25, 0.3) is 0 Å². The van der Waals surface area contributed by atoms with Crippen molar-refractivity contribution in [3.8, 4) is 0 Å². The van der Waals surface area contributed by atoms with Crippen LogP contribution < -0.4 is 5.48 Å². The van der Waals surface area contributed by atoms with E-state index >= 15 is 0 Å².